The minimum Gasteiger partial charge on any atom is -0.484 e. The van der Waals surface area contributed by atoms with Crippen molar-refractivity contribution in [1.82, 2.24) is 19.2 Å². The Balaban J connectivity index is 1.59. The second kappa shape index (κ2) is 8.39. The summed E-state index contributed by atoms with van der Waals surface area (Å²) in [5.41, 5.74) is 6.22. The summed E-state index contributed by atoms with van der Waals surface area (Å²) in [6, 6.07) is 7.75. The Morgan fingerprint density at radius 1 is 1.33 bits per heavy atom. The standard InChI is InChI=1S/C19H27N5O3/c1-3-24-18(21-22(2)19(24)26)15-7-9-23(10-8-15)12-14-5-4-6-16(11-14)27-13-17(20)25/h4-6,11,15H,3,7-10,12-13H2,1-2H3,(H2,20,25). The van der Waals surface area contributed by atoms with Gasteiger partial charge in [-0.1, -0.05) is 12.1 Å². The zero-order valence-corrected chi connectivity index (χ0v) is 15.9. The number of piperidine rings is 1. The third kappa shape index (κ3) is 4.57. The first kappa shape index (κ1) is 19.2. The van der Waals surface area contributed by atoms with Crippen LogP contribution >= 0.6 is 0 Å². The van der Waals surface area contributed by atoms with Crippen LogP contribution in [0.5, 0.6) is 5.75 Å². The maximum absolute atomic E-state index is 12.1. The molecule has 1 aliphatic heterocycles. The predicted molar refractivity (Wildman–Crippen MR) is 102 cm³/mol. The molecule has 146 valence electrons. The van der Waals surface area contributed by atoms with Gasteiger partial charge in [0.2, 0.25) is 0 Å². The molecule has 27 heavy (non-hydrogen) atoms. The summed E-state index contributed by atoms with van der Waals surface area (Å²) < 4.78 is 8.59. The Morgan fingerprint density at radius 2 is 2.07 bits per heavy atom. The fourth-order valence-electron chi connectivity index (χ4n) is 3.62. The smallest absolute Gasteiger partial charge is 0.345 e. The zero-order chi connectivity index (χ0) is 19.4. The van der Waals surface area contributed by atoms with E-state index in [1.54, 1.807) is 11.6 Å². The highest BCUT2D eigenvalue weighted by atomic mass is 16.5. The molecule has 0 saturated carbocycles. The number of benzene rings is 1. The van der Waals surface area contributed by atoms with Crippen LogP contribution in [-0.2, 0) is 24.9 Å². The normalized spacial score (nSPS) is 15.8. The molecular weight excluding hydrogens is 346 g/mol. The van der Waals surface area contributed by atoms with Gasteiger partial charge in [-0.15, -0.1) is 0 Å². The van der Waals surface area contributed by atoms with Crippen LogP contribution in [-0.4, -0.2) is 44.9 Å². The summed E-state index contributed by atoms with van der Waals surface area (Å²) in [7, 11) is 1.71. The van der Waals surface area contributed by atoms with Crippen LogP contribution in [0.3, 0.4) is 0 Å². The lowest BCUT2D eigenvalue weighted by atomic mass is 9.95. The number of nitrogens with zero attached hydrogens (tertiary/aromatic N) is 4. The van der Waals surface area contributed by atoms with Gasteiger partial charge in [-0.25, -0.2) is 9.48 Å². The van der Waals surface area contributed by atoms with E-state index >= 15 is 0 Å². The molecule has 1 aliphatic rings. The number of primary amides is 1. The molecule has 2 aromatic rings. The van der Waals surface area contributed by atoms with Crippen molar-refractivity contribution < 1.29 is 9.53 Å². The van der Waals surface area contributed by atoms with E-state index in [0.717, 1.165) is 43.9 Å². The quantitative estimate of drug-likeness (QED) is 0.776. The van der Waals surface area contributed by atoms with Gasteiger partial charge in [-0.05, 0) is 50.6 Å². The van der Waals surface area contributed by atoms with E-state index in [4.69, 9.17) is 10.5 Å². The van der Waals surface area contributed by atoms with Crippen LogP contribution in [0.2, 0.25) is 0 Å². The van der Waals surface area contributed by atoms with Crippen molar-refractivity contribution in [3.8, 4) is 5.75 Å². The van der Waals surface area contributed by atoms with E-state index in [-0.39, 0.29) is 12.3 Å². The second-order valence-corrected chi connectivity index (χ2v) is 6.96. The number of ether oxygens (including phenoxy) is 1. The zero-order valence-electron chi connectivity index (χ0n) is 15.9. The lowest BCUT2D eigenvalue weighted by Crippen LogP contribution is -2.33. The molecule has 0 atom stereocenters. The molecule has 0 aliphatic carbocycles. The lowest BCUT2D eigenvalue weighted by Gasteiger charge is -2.31. The van der Waals surface area contributed by atoms with Gasteiger partial charge in [-0.2, -0.15) is 5.10 Å². The molecular formula is C19H27N5O3. The molecule has 0 spiro atoms. The summed E-state index contributed by atoms with van der Waals surface area (Å²) in [5, 5.41) is 4.45. The van der Waals surface area contributed by atoms with Crippen LogP contribution in [0, 0.1) is 0 Å². The molecule has 2 heterocycles. The van der Waals surface area contributed by atoms with Crippen LogP contribution in [0.4, 0.5) is 0 Å². The molecule has 1 aromatic heterocycles. The van der Waals surface area contributed by atoms with Crippen LogP contribution in [0.25, 0.3) is 0 Å². The van der Waals surface area contributed by atoms with Crippen molar-refractivity contribution in [2.75, 3.05) is 19.7 Å². The number of rotatable bonds is 7. The monoisotopic (exact) mass is 373 g/mol. The molecule has 0 radical (unpaired) electrons. The van der Waals surface area contributed by atoms with Gasteiger partial charge in [0, 0.05) is 26.1 Å². The highest BCUT2D eigenvalue weighted by molar-refractivity contribution is 5.75. The minimum atomic E-state index is -0.484. The molecule has 3 rings (SSSR count). The van der Waals surface area contributed by atoms with E-state index in [1.807, 2.05) is 25.1 Å². The van der Waals surface area contributed by atoms with Crippen molar-refractivity contribution in [2.45, 2.75) is 38.8 Å². The minimum absolute atomic E-state index is 0.0392. The number of aromatic nitrogens is 3. The molecule has 2 N–H and O–H groups in total. The van der Waals surface area contributed by atoms with Crippen LogP contribution in [0.1, 0.15) is 37.1 Å². The predicted octanol–water partition coefficient (Wildman–Crippen LogP) is 0.845. The van der Waals surface area contributed by atoms with Crippen LogP contribution < -0.4 is 16.2 Å². The molecule has 0 bridgehead atoms. The summed E-state index contributed by atoms with van der Waals surface area (Å²) in [6.07, 6.45) is 1.96. The molecule has 1 aromatic carbocycles. The van der Waals surface area contributed by atoms with Gasteiger partial charge in [0.15, 0.2) is 6.61 Å². The van der Waals surface area contributed by atoms with Gasteiger partial charge >= 0.3 is 5.69 Å². The average molecular weight is 373 g/mol. The van der Waals surface area contributed by atoms with Gasteiger partial charge in [0.1, 0.15) is 11.6 Å². The average Bonchev–Trinajstić information content (AvgIpc) is 2.95. The van der Waals surface area contributed by atoms with E-state index in [1.165, 1.54) is 4.68 Å². The van der Waals surface area contributed by atoms with Gasteiger partial charge in [0.05, 0.1) is 0 Å². The Morgan fingerprint density at radius 3 is 2.74 bits per heavy atom. The van der Waals surface area contributed by atoms with Crippen molar-refractivity contribution >= 4 is 5.91 Å². The Bertz CT molecular complexity index is 849. The number of likely N-dealkylation sites (tertiary alicyclic amines) is 1. The van der Waals surface area contributed by atoms with Crippen molar-refractivity contribution in [3.63, 3.8) is 0 Å². The van der Waals surface area contributed by atoms with Gasteiger partial charge < -0.3 is 10.5 Å². The number of carbonyl (C=O) groups excluding carboxylic acids is 1. The third-order valence-corrected chi connectivity index (χ3v) is 4.99. The summed E-state index contributed by atoms with van der Waals surface area (Å²) in [6.45, 7) is 5.24. The Labute approximate surface area is 158 Å². The largest absolute Gasteiger partial charge is 0.484 e. The number of amides is 1. The number of hydrogen-bond donors (Lipinski definition) is 1. The summed E-state index contributed by atoms with van der Waals surface area (Å²) in [5.74, 6) is 1.40. The number of hydrogen-bond acceptors (Lipinski definition) is 5. The second-order valence-electron chi connectivity index (χ2n) is 6.96. The van der Waals surface area contributed by atoms with E-state index in [2.05, 4.69) is 16.1 Å². The molecule has 8 heteroatoms. The Kier molecular flexibility index (Phi) is 5.95. The fraction of sp³-hybridized carbons (Fsp3) is 0.526. The first-order valence-corrected chi connectivity index (χ1v) is 9.34. The molecule has 1 amide bonds. The molecule has 1 saturated heterocycles. The SMILES string of the molecule is CCn1c(C2CCN(Cc3cccc(OCC(N)=O)c3)CC2)nn(C)c1=O. The highest BCUT2D eigenvalue weighted by Gasteiger charge is 2.25. The lowest BCUT2D eigenvalue weighted by molar-refractivity contribution is -0.119. The van der Waals surface area contributed by atoms with E-state index in [0.29, 0.717) is 18.2 Å². The van der Waals surface area contributed by atoms with E-state index < -0.39 is 5.91 Å². The summed E-state index contributed by atoms with van der Waals surface area (Å²) >= 11 is 0. The highest BCUT2D eigenvalue weighted by Crippen LogP contribution is 2.27. The van der Waals surface area contributed by atoms with Crippen molar-refractivity contribution in [2.24, 2.45) is 12.8 Å². The van der Waals surface area contributed by atoms with E-state index in [9.17, 15) is 9.59 Å². The Hall–Kier alpha value is -2.61. The number of aryl methyl sites for hydroxylation is 1. The number of carbonyl (C=O) groups is 1. The number of nitrogens with two attached hydrogens (primary N) is 1. The van der Waals surface area contributed by atoms with Gasteiger partial charge in [0.25, 0.3) is 5.91 Å². The van der Waals surface area contributed by atoms with Crippen LogP contribution in [0.15, 0.2) is 29.1 Å². The molecule has 8 nitrogen and oxygen atoms in total. The first-order valence-electron chi connectivity index (χ1n) is 9.34. The fourth-order valence-corrected chi connectivity index (χ4v) is 3.62. The topological polar surface area (TPSA) is 95.4 Å². The maximum Gasteiger partial charge on any atom is 0.345 e. The van der Waals surface area contributed by atoms with Crippen molar-refractivity contribution in [3.05, 3.63) is 46.1 Å². The maximum atomic E-state index is 12.1. The van der Waals surface area contributed by atoms with Crippen molar-refractivity contribution in [1.29, 1.82) is 0 Å². The molecule has 0 unspecified atom stereocenters. The third-order valence-electron chi connectivity index (χ3n) is 4.99. The summed E-state index contributed by atoms with van der Waals surface area (Å²) in [4.78, 5) is 25.3. The van der Waals surface area contributed by atoms with Gasteiger partial charge in [-0.3, -0.25) is 14.3 Å². The molecule has 1 fully saturated rings. The first-order chi connectivity index (χ1) is 13.0.